The Bertz CT molecular complexity index is 1130. The van der Waals surface area contributed by atoms with Gasteiger partial charge in [-0.15, -0.1) is 0 Å². The molecule has 1 N–H and O–H groups in total. The van der Waals surface area contributed by atoms with Gasteiger partial charge in [-0.1, -0.05) is 32.9 Å². The number of ether oxygens (including phenoxy) is 2. The maximum Gasteiger partial charge on any atom is 0.349 e. The molecule has 0 aliphatic heterocycles. The largest absolute Gasteiger partial charge is 0.482 e. The Morgan fingerprint density at radius 1 is 1.03 bits per heavy atom. The molecule has 0 aliphatic rings. The Morgan fingerprint density at radius 2 is 1.74 bits per heavy atom. The summed E-state index contributed by atoms with van der Waals surface area (Å²) in [4.78, 5) is 36.3. The lowest BCUT2D eigenvalue weighted by molar-refractivity contribution is -0.136. The number of carbonyl (C=O) groups is 2. The summed E-state index contributed by atoms with van der Waals surface area (Å²) in [5.41, 5.74) is 0.575. The first-order valence-electron chi connectivity index (χ1n) is 10.2. The van der Waals surface area contributed by atoms with Gasteiger partial charge < -0.3 is 19.2 Å². The molecular formula is C24H25NO6. The van der Waals surface area contributed by atoms with Crippen LogP contribution in [0.15, 0.2) is 57.7 Å². The summed E-state index contributed by atoms with van der Waals surface area (Å²) < 4.78 is 16.0. The van der Waals surface area contributed by atoms with E-state index in [1.54, 1.807) is 12.1 Å². The van der Waals surface area contributed by atoms with Crippen molar-refractivity contribution in [2.75, 3.05) is 13.2 Å². The summed E-state index contributed by atoms with van der Waals surface area (Å²) >= 11 is 0. The first-order chi connectivity index (χ1) is 14.9. The molecule has 1 amide bonds. The molecule has 162 valence electrons. The van der Waals surface area contributed by atoms with E-state index < -0.39 is 17.5 Å². The van der Waals surface area contributed by atoms with Crippen molar-refractivity contribution in [3.8, 4) is 11.5 Å². The van der Waals surface area contributed by atoms with Crippen LogP contribution in [0.1, 0.15) is 49.0 Å². The normalized spacial score (nSPS) is 10.8. The third-order valence-electron chi connectivity index (χ3n) is 4.62. The minimum absolute atomic E-state index is 0.0671. The standard InChI is InChI=1S/C24H25NO6/c1-4-11-25-23(27)20-12-17-7-10-19(13-21(17)31-24(20)28)30-22(26)14-29-18-8-5-16(6-9-18)15(2)3/h5-10,12-13,15H,4,11,14H2,1-3H3,(H,25,27). The first kappa shape index (κ1) is 22.1. The van der Waals surface area contributed by atoms with Gasteiger partial charge in [0, 0.05) is 18.0 Å². The molecule has 0 unspecified atom stereocenters. The zero-order valence-electron chi connectivity index (χ0n) is 17.8. The van der Waals surface area contributed by atoms with Crippen molar-refractivity contribution in [1.29, 1.82) is 0 Å². The molecular weight excluding hydrogens is 398 g/mol. The smallest absolute Gasteiger partial charge is 0.349 e. The molecule has 0 saturated carbocycles. The van der Waals surface area contributed by atoms with Crippen molar-refractivity contribution in [2.45, 2.75) is 33.1 Å². The maximum atomic E-state index is 12.1. The first-order valence-corrected chi connectivity index (χ1v) is 10.2. The highest BCUT2D eigenvalue weighted by atomic mass is 16.6. The van der Waals surface area contributed by atoms with Crippen LogP contribution in [-0.2, 0) is 4.79 Å². The molecule has 3 aromatic rings. The minimum atomic E-state index is -0.752. The summed E-state index contributed by atoms with van der Waals surface area (Å²) in [6, 6.07) is 13.6. The van der Waals surface area contributed by atoms with Gasteiger partial charge in [-0.05, 0) is 48.2 Å². The Hall–Kier alpha value is -3.61. The summed E-state index contributed by atoms with van der Waals surface area (Å²) in [5, 5.41) is 3.19. The molecule has 0 saturated heterocycles. The number of carbonyl (C=O) groups excluding carboxylic acids is 2. The van der Waals surface area contributed by atoms with E-state index in [0.717, 1.165) is 6.42 Å². The van der Waals surface area contributed by atoms with Crippen molar-refractivity contribution >= 4 is 22.8 Å². The predicted molar refractivity (Wildman–Crippen MR) is 117 cm³/mol. The van der Waals surface area contributed by atoms with Crippen molar-refractivity contribution < 1.29 is 23.5 Å². The third-order valence-corrected chi connectivity index (χ3v) is 4.62. The second kappa shape index (κ2) is 9.93. The van der Waals surface area contributed by atoms with Gasteiger partial charge in [-0.25, -0.2) is 9.59 Å². The van der Waals surface area contributed by atoms with Gasteiger partial charge in [0.1, 0.15) is 22.6 Å². The van der Waals surface area contributed by atoms with Crippen LogP contribution in [0.2, 0.25) is 0 Å². The Kier molecular flexibility index (Phi) is 7.07. The molecule has 0 bridgehead atoms. The molecule has 2 aromatic carbocycles. The zero-order valence-corrected chi connectivity index (χ0v) is 17.8. The number of hydrogen-bond acceptors (Lipinski definition) is 6. The third kappa shape index (κ3) is 5.72. The Morgan fingerprint density at radius 3 is 2.42 bits per heavy atom. The second-order valence-corrected chi connectivity index (χ2v) is 7.39. The molecule has 0 spiro atoms. The van der Waals surface area contributed by atoms with Crippen molar-refractivity contribution in [3.63, 3.8) is 0 Å². The van der Waals surface area contributed by atoms with E-state index in [1.807, 2.05) is 31.2 Å². The molecule has 0 radical (unpaired) electrons. The van der Waals surface area contributed by atoms with E-state index in [0.29, 0.717) is 23.6 Å². The monoisotopic (exact) mass is 423 g/mol. The highest BCUT2D eigenvalue weighted by Crippen LogP contribution is 2.21. The van der Waals surface area contributed by atoms with Crippen LogP contribution in [-0.4, -0.2) is 25.0 Å². The van der Waals surface area contributed by atoms with Crippen LogP contribution in [0.25, 0.3) is 11.0 Å². The zero-order chi connectivity index (χ0) is 22.4. The van der Waals surface area contributed by atoms with Gasteiger partial charge in [0.15, 0.2) is 6.61 Å². The van der Waals surface area contributed by atoms with Crippen LogP contribution >= 0.6 is 0 Å². The van der Waals surface area contributed by atoms with Gasteiger partial charge >= 0.3 is 11.6 Å². The number of hydrogen-bond donors (Lipinski definition) is 1. The Balaban J connectivity index is 1.65. The predicted octanol–water partition coefficient (Wildman–Crippen LogP) is 4.04. The fourth-order valence-corrected chi connectivity index (χ4v) is 2.90. The lowest BCUT2D eigenvalue weighted by atomic mass is 10.0. The van der Waals surface area contributed by atoms with Gasteiger partial charge in [-0.2, -0.15) is 0 Å². The number of fused-ring (bicyclic) bond motifs is 1. The molecule has 0 aliphatic carbocycles. The van der Waals surface area contributed by atoms with Crippen molar-refractivity contribution in [1.82, 2.24) is 5.32 Å². The number of benzene rings is 2. The van der Waals surface area contributed by atoms with Crippen molar-refractivity contribution in [3.05, 3.63) is 70.1 Å². The SMILES string of the molecule is CCCNC(=O)c1cc2ccc(OC(=O)COc3ccc(C(C)C)cc3)cc2oc1=O. The minimum Gasteiger partial charge on any atom is -0.482 e. The van der Waals surface area contributed by atoms with Crippen LogP contribution in [0, 0.1) is 0 Å². The molecule has 7 nitrogen and oxygen atoms in total. The van der Waals surface area contributed by atoms with E-state index in [4.69, 9.17) is 13.9 Å². The average molecular weight is 423 g/mol. The summed E-state index contributed by atoms with van der Waals surface area (Å²) in [6.45, 7) is 6.32. The molecule has 0 fully saturated rings. The van der Waals surface area contributed by atoms with Crippen LogP contribution in [0.5, 0.6) is 11.5 Å². The molecule has 3 rings (SSSR count). The van der Waals surface area contributed by atoms with E-state index >= 15 is 0 Å². The lowest BCUT2D eigenvalue weighted by Gasteiger charge is -2.09. The lowest BCUT2D eigenvalue weighted by Crippen LogP contribution is -2.28. The number of rotatable bonds is 8. The Labute approximate surface area is 180 Å². The van der Waals surface area contributed by atoms with E-state index in [9.17, 15) is 14.4 Å². The molecule has 7 heteroatoms. The van der Waals surface area contributed by atoms with E-state index in [1.165, 1.54) is 17.7 Å². The molecule has 1 aromatic heterocycles. The molecule has 1 heterocycles. The highest BCUT2D eigenvalue weighted by molar-refractivity contribution is 5.96. The topological polar surface area (TPSA) is 94.8 Å². The number of nitrogens with one attached hydrogen (secondary N) is 1. The van der Waals surface area contributed by atoms with E-state index in [-0.39, 0.29) is 23.5 Å². The number of esters is 1. The van der Waals surface area contributed by atoms with Crippen LogP contribution in [0.3, 0.4) is 0 Å². The maximum absolute atomic E-state index is 12.1. The van der Waals surface area contributed by atoms with Gasteiger partial charge in [0.05, 0.1) is 0 Å². The highest BCUT2D eigenvalue weighted by Gasteiger charge is 2.14. The molecule has 31 heavy (non-hydrogen) atoms. The second-order valence-electron chi connectivity index (χ2n) is 7.39. The van der Waals surface area contributed by atoms with Gasteiger partial charge in [0.25, 0.3) is 5.91 Å². The fourth-order valence-electron chi connectivity index (χ4n) is 2.90. The van der Waals surface area contributed by atoms with Crippen LogP contribution in [0.4, 0.5) is 0 Å². The summed E-state index contributed by atoms with van der Waals surface area (Å²) in [6.07, 6.45) is 0.756. The summed E-state index contributed by atoms with van der Waals surface area (Å²) in [7, 11) is 0. The molecule has 0 atom stereocenters. The summed E-state index contributed by atoms with van der Waals surface area (Å²) in [5.74, 6) is 0.118. The quantitative estimate of drug-likeness (QED) is 0.334. The van der Waals surface area contributed by atoms with Crippen LogP contribution < -0.4 is 20.4 Å². The average Bonchev–Trinajstić information content (AvgIpc) is 2.75. The van der Waals surface area contributed by atoms with Crippen molar-refractivity contribution in [2.24, 2.45) is 0 Å². The number of amides is 1. The van der Waals surface area contributed by atoms with Gasteiger partial charge in [0.2, 0.25) is 0 Å². The van der Waals surface area contributed by atoms with Gasteiger partial charge in [-0.3, -0.25) is 4.79 Å². The van der Waals surface area contributed by atoms with E-state index in [2.05, 4.69) is 19.2 Å². The fraction of sp³-hybridized carbons (Fsp3) is 0.292.